The van der Waals surface area contributed by atoms with Crippen molar-refractivity contribution in [3.63, 3.8) is 0 Å². The molecule has 25 heavy (non-hydrogen) atoms. The number of amides is 1. The number of carbonyl (C=O) groups excluding carboxylic acids is 1. The summed E-state index contributed by atoms with van der Waals surface area (Å²) in [5.41, 5.74) is 7.23. The Morgan fingerprint density at radius 1 is 1.24 bits per heavy atom. The molecule has 0 aromatic heterocycles. The fourth-order valence-electron chi connectivity index (χ4n) is 3.91. The molecule has 2 rings (SSSR count). The van der Waals surface area contributed by atoms with Gasteiger partial charge in [-0.25, -0.2) is 0 Å². The highest BCUT2D eigenvalue weighted by molar-refractivity contribution is 5.78. The van der Waals surface area contributed by atoms with E-state index in [-0.39, 0.29) is 29.4 Å². The van der Waals surface area contributed by atoms with Crippen LogP contribution in [-0.2, 0) is 4.79 Å². The number of hydrogen-bond donors (Lipinski definition) is 3. The molecule has 1 amide bonds. The maximum absolute atomic E-state index is 12.6. The van der Waals surface area contributed by atoms with Gasteiger partial charge >= 0.3 is 0 Å². The third-order valence-corrected chi connectivity index (χ3v) is 5.86. The summed E-state index contributed by atoms with van der Waals surface area (Å²) in [6, 6.07) is 10.9. The summed E-state index contributed by atoms with van der Waals surface area (Å²) in [6.07, 6.45) is 5.86. The maximum atomic E-state index is 12.6. The van der Waals surface area contributed by atoms with Crippen LogP contribution in [0.4, 0.5) is 0 Å². The van der Waals surface area contributed by atoms with E-state index in [2.05, 4.69) is 55.7 Å². The lowest BCUT2D eigenvalue weighted by molar-refractivity contribution is -0.126. The number of rotatable bonds is 8. The van der Waals surface area contributed by atoms with Crippen molar-refractivity contribution in [3.8, 4) is 0 Å². The van der Waals surface area contributed by atoms with Gasteiger partial charge in [0.1, 0.15) is 0 Å². The second-order valence-corrected chi connectivity index (χ2v) is 7.61. The van der Waals surface area contributed by atoms with E-state index in [9.17, 15) is 4.79 Å². The van der Waals surface area contributed by atoms with Crippen molar-refractivity contribution in [2.45, 2.75) is 76.9 Å². The van der Waals surface area contributed by atoms with Crippen molar-refractivity contribution >= 4 is 5.91 Å². The molecule has 1 saturated carbocycles. The van der Waals surface area contributed by atoms with Gasteiger partial charge in [-0.2, -0.15) is 0 Å². The molecule has 0 spiro atoms. The van der Waals surface area contributed by atoms with Crippen LogP contribution < -0.4 is 16.4 Å². The third kappa shape index (κ3) is 5.55. The lowest BCUT2D eigenvalue weighted by Gasteiger charge is -2.37. The zero-order valence-electron chi connectivity index (χ0n) is 16.1. The van der Waals surface area contributed by atoms with Crippen molar-refractivity contribution < 1.29 is 4.79 Å². The van der Waals surface area contributed by atoms with E-state index in [4.69, 9.17) is 5.73 Å². The zero-order valence-corrected chi connectivity index (χ0v) is 16.1. The van der Waals surface area contributed by atoms with Gasteiger partial charge in [-0.3, -0.25) is 4.79 Å². The monoisotopic (exact) mass is 345 g/mol. The molecule has 1 aromatic rings. The van der Waals surface area contributed by atoms with Crippen molar-refractivity contribution in [3.05, 3.63) is 35.9 Å². The second-order valence-electron chi connectivity index (χ2n) is 7.61. The Hall–Kier alpha value is -1.39. The molecule has 1 fully saturated rings. The first-order chi connectivity index (χ1) is 12.0. The molecular weight excluding hydrogens is 310 g/mol. The van der Waals surface area contributed by atoms with Crippen LogP contribution in [0.1, 0.15) is 70.9 Å². The topological polar surface area (TPSA) is 67.2 Å². The molecule has 0 saturated heterocycles. The lowest BCUT2D eigenvalue weighted by atomic mass is 9.85. The summed E-state index contributed by atoms with van der Waals surface area (Å²) in [4.78, 5) is 12.6. The van der Waals surface area contributed by atoms with Gasteiger partial charge in [-0.1, -0.05) is 50.6 Å². The molecule has 0 aliphatic heterocycles. The van der Waals surface area contributed by atoms with Gasteiger partial charge in [0.2, 0.25) is 5.91 Å². The second kappa shape index (κ2) is 9.35. The van der Waals surface area contributed by atoms with Crippen LogP contribution >= 0.6 is 0 Å². The summed E-state index contributed by atoms with van der Waals surface area (Å²) in [6.45, 7) is 7.24. The fourth-order valence-corrected chi connectivity index (χ4v) is 3.91. The van der Waals surface area contributed by atoms with E-state index in [0.29, 0.717) is 6.54 Å². The summed E-state index contributed by atoms with van der Waals surface area (Å²) in [5, 5.41) is 6.99. The average molecular weight is 346 g/mol. The molecule has 0 bridgehead atoms. The Morgan fingerprint density at radius 2 is 1.92 bits per heavy atom. The van der Waals surface area contributed by atoms with Crippen LogP contribution in [0.5, 0.6) is 0 Å². The molecule has 1 aliphatic rings. The molecule has 4 N–H and O–H groups in total. The van der Waals surface area contributed by atoms with Crippen LogP contribution in [-0.4, -0.2) is 24.0 Å². The molecule has 0 heterocycles. The Kier molecular flexibility index (Phi) is 7.45. The van der Waals surface area contributed by atoms with E-state index < -0.39 is 0 Å². The third-order valence-electron chi connectivity index (χ3n) is 5.86. The number of carbonyl (C=O) groups is 1. The minimum absolute atomic E-state index is 0.0816. The van der Waals surface area contributed by atoms with Gasteiger partial charge in [0.25, 0.3) is 0 Å². The first-order valence-electron chi connectivity index (χ1n) is 9.85. The highest BCUT2D eigenvalue weighted by Gasteiger charge is 2.31. The smallest absolute Gasteiger partial charge is 0.223 e. The predicted molar refractivity (Wildman–Crippen MR) is 104 cm³/mol. The Labute approximate surface area is 153 Å². The number of nitrogens with one attached hydrogen (secondary N) is 2. The number of benzene rings is 1. The van der Waals surface area contributed by atoms with E-state index in [1.165, 1.54) is 5.56 Å². The predicted octanol–water partition coefficient (Wildman–Crippen LogP) is 3.53. The molecule has 140 valence electrons. The van der Waals surface area contributed by atoms with Gasteiger partial charge in [-0.15, -0.1) is 0 Å². The standard InChI is InChI=1S/C21H35N3O/c1-4-21(5-2,24-16(3)17-10-7-6-8-11-17)15-23-20(25)18-12-9-13-19(22)14-18/h6-8,10-11,16,18-19,24H,4-5,9,12-15,22H2,1-3H3,(H,23,25). The zero-order chi connectivity index (χ0) is 18.3. The Balaban J connectivity index is 1.95. The van der Waals surface area contributed by atoms with E-state index in [1.807, 2.05) is 6.07 Å². The first-order valence-corrected chi connectivity index (χ1v) is 9.85. The van der Waals surface area contributed by atoms with Crippen LogP contribution in [0.3, 0.4) is 0 Å². The normalized spacial score (nSPS) is 22.4. The van der Waals surface area contributed by atoms with Gasteiger partial charge in [0.05, 0.1) is 0 Å². The van der Waals surface area contributed by atoms with Gasteiger partial charge in [0, 0.05) is 30.1 Å². The van der Waals surface area contributed by atoms with E-state index in [0.717, 1.165) is 38.5 Å². The molecule has 4 heteroatoms. The van der Waals surface area contributed by atoms with Crippen molar-refractivity contribution in [1.82, 2.24) is 10.6 Å². The van der Waals surface area contributed by atoms with Crippen LogP contribution in [0.15, 0.2) is 30.3 Å². The highest BCUT2D eigenvalue weighted by atomic mass is 16.1. The summed E-state index contributed by atoms with van der Waals surface area (Å²) in [7, 11) is 0. The molecule has 1 aliphatic carbocycles. The van der Waals surface area contributed by atoms with Crippen molar-refractivity contribution in [1.29, 1.82) is 0 Å². The van der Waals surface area contributed by atoms with Gasteiger partial charge < -0.3 is 16.4 Å². The maximum Gasteiger partial charge on any atom is 0.223 e. The summed E-state index contributed by atoms with van der Waals surface area (Å²) in [5.74, 6) is 0.261. The van der Waals surface area contributed by atoms with Crippen LogP contribution in [0.2, 0.25) is 0 Å². The molecule has 3 unspecified atom stereocenters. The number of nitrogens with two attached hydrogens (primary N) is 1. The molecular formula is C21H35N3O. The molecule has 1 aromatic carbocycles. The quantitative estimate of drug-likeness (QED) is 0.675. The minimum Gasteiger partial charge on any atom is -0.354 e. The summed E-state index contributed by atoms with van der Waals surface area (Å²) >= 11 is 0. The van der Waals surface area contributed by atoms with Crippen molar-refractivity contribution in [2.24, 2.45) is 11.7 Å². The largest absolute Gasteiger partial charge is 0.354 e. The molecule has 0 radical (unpaired) electrons. The van der Waals surface area contributed by atoms with E-state index >= 15 is 0 Å². The average Bonchev–Trinajstić information content (AvgIpc) is 2.65. The van der Waals surface area contributed by atoms with Crippen molar-refractivity contribution in [2.75, 3.05) is 6.54 Å². The van der Waals surface area contributed by atoms with Gasteiger partial charge in [0.15, 0.2) is 0 Å². The van der Waals surface area contributed by atoms with Gasteiger partial charge in [-0.05, 0) is 44.6 Å². The van der Waals surface area contributed by atoms with Crippen LogP contribution in [0.25, 0.3) is 0 Å². The van der Waals surface area contributed by atoms with Crippen LogP contribution in [0, 0.1) is 5.92 Å². The minimum atomic E-state index is -0.0816. The highest BCUT2D eigenvalue weighted by Crippen LogP contribution is 2.25. The SMILES string of the molecule is CCC(CC)(CNC(=O)C1CCCC(N)C1)NC(C)c1ccccc1. The Bertz CT molecular complexity index is 527. The molecule has 3 atom stereocenters. The lowest BCUT2D eigenvalue weighted by Crippen LogP contribution is -2.54. The summed E-state index contributed by atoms with van der Waals surface area (Å²) < 4.78 is 0. The van der Waals surface area contributed by atoms with E-state index in [1.54, 1.807) is 0 Å². The fraction of sp³-hybridized carbons (Fsp3) is 0.667. The number of hydrogen-bond acceptors (Lipinski definition) is 3. The Morgan fingerprint density at radius 3 is 2.52 bits per heavy atom. The first kappa shape index (κ1) is 19.9. The molecule has 4 nitrogen and oxygen atoms in total.